The minimum atomic E-state index is -0.0939. The molecule has 0 bridgehead atoms. The molecule has 0 atom stereocenters. The molecule has 0 aromatic carbocycles. The van der Waals surface area contributed by atoms with Crippen LogP contribution >= 0.6 is 0 Å². The summed E-state index contributed by atoms with van der Waals surface area (Å²) in [7, 11) is 0. The molecule has 0 saturated carbocycles. The van der Waals surface area contributed by atoms with Crippen LogP contribution in [0.2, 0.25) is 0 Å². The summed E-state index contributed by atoms with van der Waals surface area (Å²) in [5.74, 6) is -0.0939. The summed E-state index contributed by atoms with van der Waals surface area (Å²) in [5.41, 5.74) is 0. The summed E-state index contributed by atoms with van der Waals surface area (Å²) in [4.78, 5) is 10.7. The van der Waals surface area contributed by atoms with Gasteiger partial charge in [-0.25, -0.2) is 0 Å². The largest absolute Gasteiger partial charge is 0.411 e. The van der Waals surface area contributed by atoms with Crippen LogP contribution in [0.25, 0.3) is 0 Å². The molecule has 0 aromatic heterocycles. The standard InChI is InChI=1S/C8H15NO2/c1-2-3-4-5-6-8(10)7-9-11/h7,11H,2-6H2,1H3. The molecule has 0 radical (unpaired) electrons. The SMILES string of the molecule is CCCCCCC(=O)C=NO. The molecule has 0 heterocycles. The van der Waals surface area contributed by atoms with Crippen LogP contribution in [0.1, 0.15) is 39.0 Å². The van der Waals surface area contributed by atoms with E-state index in [4.69, 9.17) is 5.21 Å². The van der Waals surface area contributed by atoms with E-state index in [1.165, 1.54) is 12.8 Å². The third-order valence-corrected chi connectivity index (χ3v) is 1.48. The van der Waals surface area contributed by atoms with E-state index < -0.39 is 0 Å². The molecule has 0 aliphatic rings. The van der Waals surface area contributed by atoms with E-state index in [1.54, 1.807) is 0 Å². The molecule has 1 N–H and O–H groups in total. The van der Waals surface area contributed by atoms with Gasteiger partial charge in [0, 0.05) is 6.42 Å². The average molecular weight is 157 g/mol. The van der Waals surface area contributed by atoms with Crippen molar-refractivity contribution in [2.24, 2.45) is 5.16 Å². The zero-order chi connectivity index (χ0) is 8.53. The monoisotopic (exact) mass is 157 g/mol. The zero-order valence-corrected chi connectivity index (χ0v) is 6.92. The van der Waals surface area contributed by atoms with Crippen LogP contribution in [0.15, 0.2) is 5.16 Å². The Kier molecular flexibility index (Phi) is 6.68. The lowest BCUT2D eigenvalue weighted by Gasteiger charge is -1.94. The summed E-state index contributed by atoms with van der Waals surface area (Å²) >= 11 is 0. The summed E-state index contributed by atoms with van der Waals surface area (Å²) in [6.07, 6.45) is 5.79. The maximum absolute atomic E-state index is 10.7. The summed E-state index contributed by atoms with van der Waals surface area (Å²) < 4.78 is 0. The Bertz CT molecular complexity index is 132. The highest BCUT2D eigenvalue weighted by Gasteiger charge is 1.96. The van der Waals surface area contributed by atoms with E-state index in [-0.39, 0.29) is 5.78 Å². The fourth-order valence-corrected chi connectivity index (χ4v) is 0.855. The number of Topliss-reactive ketones (excluding diaryl/α,β-unsaturated/α-hetero) is 1. The number of carbonyl (C=O) groups excluding carboxylic acids is 1. The van der Waals surface area contributed by atoms with Crippen LogP contribution in [0.3, 0.4) is 0 Å². The Labute approximate surface area is 67.1 Å². The van der Waals surface area contributed by atoms with Gasteiger partial charge in [-0.3, -0.25) is 4.79 Å². The Morgan fingerprint density at radius 2 is 2.18 bits per heavy atom. The smallest absolute Gasteiger partial charge is 0.177 e. The first-order valence-corrected chi connectivity index (χ1v) is 4.01. The minimum absolute atomic E-state index is 0.0939. The highest BCUT2D eigenvalue weighted by Crippen LogP contribution is 2.01. The highest BCUT2D eigenvalue weighted by atomic mass is 16.4. The van der Waals surface area contributed by atoms with Crippen molar-refractivity contribution in [2.45, 2.75) is 39.0 Å². The van der Waals surface area contributed by atoms with Gasteiger partial charge >= 0.3 is 0 Å². The normalized spacial score (nSPS) is 10.6. The van der Waals surface area contributed by atoms with Crippen molar-refractivity contribution in [1.82, 2.24) is 0 Å². The minimum Gasteiger partial charge on any atom is -0.411 e. The van der Waals surface area contributed by atoms with Crippen molar-refractivity contribution in [2.75, 3.05) is 0 Å². The van der Waals surface area contributed by atoms with Crippen LogP contribution in [-0.4, -0.2) is 17.2 Å². The lowest BCUT2D eigenvalue weighted by Crippen LogP contribution is -1.98. The second kappa shape index (κ2) is 7.25. The van der Waals surface area contributed by atoms with Crippen LogP contribution in [0.5, 0.6) is 0 Å². The Hall–Kier alpha value is -0.860. The summed E-state index contributed by atoms with van der Waals surface area (Å²) in [6, 6.07) is 0. The molecular weight excluding hydrogens is 142 g/mol. The van der Waals surface area contributed by atoms with Gasteiger partial charge in [0.2, 0.25) is 0 Å². The van der Waals surface area contributed by atoms with Gasteiger partial charge in [0.05, 0.1) is 0 Å². The first-order chi connectivity index (χ1) is 5.31. The van der Waals surface area contributed by atoms with Gasteiger partial charge in [0.25, 0.3) is 0 Å². The first kappa shape index (κ1) is 10.1. The van der Waals surface area contributed by atoms with Gasteiger partial charge in [0.15, 0.2) is 5.78 Å². The lowest BCUT2D eigenvalue weighted by atomic mass is 10.1. The summed E-state index contributed by atoms with van der Waals surface area (Å²) in [5, 5.41) is 10.6. The van der Waals surface area contributed by atoms with Crippen molar-refractivity contribution in [3.05, 3.63) is 0 Å². The van der Waals surface area contributed by atoms with Crippen molar-refractivity contribution in [3.63, 3.8) is 0 Å². The molecule has 3 heteroatoms. The number of hydrogen-bond acceptors (Lipinski definition) is 3. The quantitative estimate of drug-likeness (QED) is 0.277. The predicted octanol–water partition coefficient (Wildman–Crippen LogP) is 1.99. The van der Waals surface area contributed by atoms with Crippen molar-refractivity contribution >= 4 is 12.0 Å². The Morgan fingerprint density at radius 3 is 2.73 bits per heavy atom. The molecule has 0 unspecified atom stereocenters. The molecule has 64 valence electrons. The molecule has 0 aromatic rings. The Balaban J connectivity index is 3.17. The van der Waals surface area contributed by atoms with Crippen molar-refractivity contribution in [1.29, 1.82) is 0 Å². The first-order valence-electron chi connectivity index (χ1n) is 4.01. The van der Waals surface area contributed by atoms with E-state index in [1.807, 2.05) is 0 Å². The van der Waals surface area contributed by atoms with Crippen LogP contribution < -0.4 is 0 Å². The van der Waals surface area contributed by atoms with Gasteiger partial charge in [-0.1, -0.05) is 31.3 Å². The van der Waals surface area contributed by atoms with E-state index >= 15 is 0 Å². The van der Waals surface area contributed by atoms with Crippen LogP contribution in [0.4, 0.5) is 0 Å². The topological polar surface area (TPSA) is 49.7 Å². The third kappa shape index (κ3) is 7.03. The van der Waals surface area contributed by atoms with Gasteiger partial charge in [0.1, 0.15) is 6.21 Å². The molecule has 0 saturated heterocycles. The number of ketones is 1. The van der Waals surface area contributed by atoms with Gasteiger partial charge in [-0.2, -0.15) is 0 Å². The maximum atomic E-state index is 10.7. The molecule has 0 spiro atoms. The number of carbonyl (C=O) groups is 1. The molecule has 3 nitrogen and oxygen atoms in total. The predicted molar refractivity (Wildman–Crippen MR) is 44.0 cm³/mol. The molecule has 0 aliphatic heterocycles. The highest BCUT2D eigenvalue weighted by molar-refractivity contribution is 6.27. The van der Waals surface area contributed by atoms with Crippen molar-refractivity contribution < 1.29 is 10.0 Å². The van der Waals surface area contributed by atoms with Gasteiger partial charge in [-0.15, -0.1) is 0 Å². The van der Waals surface area contributed by atoms with E-state index in [0.29, 0.717) is 6.42 Å². The van der Waals surface area contributed by atoms with Crippen molar-refractivity contribution in [3.8, 4) is 0 Å². The Morgan fingerprint density at radius 1 is 1.45 bits per heavy atom. The lowest BCUT2D eigenvalue weighted by molar-refractivity contribution is -0.112. The van der Waals surface area contributed by atoms with Crippen LogP contribution in [0, 0.1) is 0 Å². The number of nitrogens with zero attached hydrogens (tertiary/aromatic N) is 1. The molecule has 0 aliphatic carbocycles. The van der Waals surface area contributed by atoms with E-state index in [9.17, 15) is 4.79 Å². The number of hydrogen-bond donors (Lipinski definition) is 1. The third-order valence-electron chi connectivity index (χ3n) is 1.48. The number of oxime groups is 1. The number of rotatable bonds is 6. The number of unbranched alkanes of at least 4 members (excludes halogenated alkanes) is 3. The maximum Gasteiger partial charge on any atom is 0.177 e. The molecule has 0 fully saturated rings. The second-order valence-electron chi connectivity index (χ2n) is 2.52. The molecule has 11 heavy (non-hydrogen) atoms. The van der Waals surface area contributed by atoms with E-state index in [0.717, 1.165) is 19.1 Å². The fourth-order valence-electron chi connectivity index (χ4n) is 0.855. The summed E-state index contributed by atoms with van der Waals surface area (Å²) in [6.45, 7) is 2.12. The molecule has 0 amide bonds. The fraction of sp³-hybridized carbons (Fsp3) is 0.750. The van der Waals surface area contributed by atoms with Gasteiger partial charge < -0.3 is 5.21 Å². The van der Waals surface area contributed by atoms with E-state index in [2.05, 4.69) is 12.1 Å². The molecule has 0 rings (SSSR count). The van der Waals surface area contributed by atoms with Crippen LogP contribution in [-0.2, 0) is 4.79 Å². The van der Waals surface area contributed by atoms with Gasteiger partial charge in [-0.05, 0) is 6.42 Å². The molecular formula is C8H15NO2. The zero-order valence-electron chi connectivity index (χ0n) is 6.92. The average Bonchev–Trinajstić information content (AvgIpc) is 1.99. The second-order valence-corrected chi connectivity index (χ2v) is 2.52.